The van der Waals surface area contributed by atoms with E-state index in [-0.39, 0.29) is 67.6 Å². The molecule has 2 bridgehead atoms. The van der Waals surface area contributed by atoms with Gasteiger partial charge in [-0.25, -0.2) is 20.0 Å². The molecule has 7 N–H and O–H groups in total. The smallest absolute Gasteiger partial charge is 0.407 e. The lowest BCUT2D eigenvalue weighted by molar-refractivity contribution is -1.09. The highest BCUT2D eigenvalue weighted by Crippen LogP contribution is 2.61. The number of hydrogen-bond acceptors (Lipinski definition) is 15. The number of aliphatic hydroxyl groups is 4. The second kappa shape index (κ2) is 18.5. The number of quaternary nitrogens is 1. The molecule has 7 aliphatic rings. The van der Waals surface area contributed by atoms with E-state index in [2.05, 4.69) is 25.2 Å². The highest BCUT2D eigenvalue weighted by molar-refractivity contribution is 6.26. The largest absolute Gasteiger partial charge is 0.600 e. The van der Waals surface area contributed by atoms with Crippen molar-refractivity contribution >= 4 is 17.8 Å². The quantitative estimate of drug-likeness (QED) is 0.0834. The third-order valence-corrected chi connectivity index (χ3v) is 16.2. The molecule has 0 aromatic carbocycles. The fourth-order valence-electron chi connectivity index (χ4n) is 12.6. The van der Waals surface area contributed by atoms with E-state index in [4.69, 9.17) is 28.4 Å². The van der Waals surface area contributed by atoms with Gasteiger partial charge in [-0.05, 0) is 82.3 Å². The van der Waals surface area contributed by atoms with Crippen LogP contribution in [0.25, 0.3) is 0 Å². The Labute approximate surface area is 381 Å². The number of nitrogens with one attached hydrogen (secondary N) is 2. The summed E-state index contributed by atoms with van der Waals surface area (Å²) < 4.78 is 36.9. The molecule has 7 rings (SSSR count). The SMILES string of the molecule is COC(=O)NC1C(C)OC(OC2CC=C(C)C3C=CC4C(OC5CC(O)C(O)C(C)O5)C(C)CC(C)C4C3(C)C(O)=C3C(=O)OC4(CC(C)C(CO)=CC4C=C2C)C3=O)CC1(C)[NH+]([O-])O. The lowest BCUT2D eigenvalue weighted by Gasteiger charge is -2.56. The number of hydrogen-bond donors (Lipinski definition) is 7. The van der Waals surface area contributed by atoms with E-state index in [1.165, 1.54) is 14.0 Å². The Bertz CT molecular complexity index is 2000. The highest BCUT2D eigenvalue weighted by atomic mass is 16.8. The molecule has 3 aliphatic heterocycles. The third kappa shape index (κ3) is 8.57. The number of carbonyl (C=O) groups excluding carboxylic acids is 3. The number of hydroxylamine groups is 2. The molecule has 0 aromatic rings. The lowest BCUT2D eigenvalue weighted by Crippen LogP contribution is -3.17. The van der Waals surface area contributed by atoms with Crippen molar-refractivity contribution in [3.63, 3.8) is 0 Å². The number of alkyl carbamates (subject to hydrolysis) is 1. The highest BCUT2D eigenvalue weighted by Gasteiger charge is 2.64. The molecule has 4 fully saturated rings. The van der Waals surface area contributed by atoms with Crippen LogP contribution < -0.4 is 10.5 Å². The van der Waals surface area contributed by atoms with Crippen LogP contribution in [0.4, 0.5) is 4.79 Å². The number of allylic oxidation sites excluding steroid dienone is 3. The van der Waals surface area contributed by atoms with Gasteiger partial charge in [-0.15, -0.1) is 0 Å². The van der Waals surface area contributed by atoms with Gasteiger partial charge in [0.15, 0.2) is 23.7 Å². The predicted octanol–water partition coefficient (Wildman–Crippen LogP) is 3.65. The van der Waals surface area contributed by atoms with Crippen LogP contribution in [0.15, 0.2) is 58.4 Å². The second-order valence-corrected chi connectivity index (χ2v) is 20.5. The van der Waals surface area contributed by atoms with E-state index in [1.54, 1.807) is 26.0 Å². The van der Waals surface area contributed by atoms with Gasteiger partial charge in [-0.1, -0.05) is 63.6 Å². The summed E-state index contributed by atoms with van der Waals surface area (Å²) in [7, 11) is 1.19. The number of carbonyl (C=O) groups is 3. The zero-order chi connectivity index (χ0) is 47.7. The predicted molar refractivity (Wildman–Crippen MR) is 232 cm³/mol. The Balaban J connectivity index is 1.34. The zero-order valence-corrected chi connectivity index (χ0v) is 39.2. The Morgan fingerprint density at radius 1 is 0.954 bits per heavy atom. The Morgan fingerprint density at radius 2 is 1.65 bits per heavy atom. The third-order valence-electron chi connectivity index (χ3n) is 16.2. The summed E-state index contributed by atoms with van der Waals surface area (Å²) in [5.74, 6) is -4.50. The second-order valence-electron chi connectivity index (χ2n) is 20.5. The fraction of sp³-hybridized carbons (Fsp3) is 0.729. The van der Waals surface area contributed by atoms with E-state index >= 15 is 4.79 Å². The van der Waals surface area contributed by atoms with Gasteiger partial charge in [-0.3, -0.25) is 4.79 Å². The summed E-state index contributed by atoms with van der Waals surface area (Å²) in [6.45, 7) is 16.3. The molecule has 1 amide bonds. The molecule has 1 saturated carbocycles. The van der Waals surface area contributed by atoms with Crippen LogP contribution >= 0.6 is 0 Å². The van der Waals surface area contributed by atoms with Crippen LogP contribution in [0.3, 0.4) is 0 Å². The van der Waals surface area contributed by atoms with Crippen LogP contribution in [0.2, 0.25) is 0 Å². The van der Waals surface area contributed by atoms with Crippen molar-refractivity contribution in [1.29, 1.82) is 0 Å². The van der Waals surface area contributed by atoms with E-state index in [9.17, 15) is 40.4 Å². The van der Waals surface area contributed by atoms with Crippen molar-refractivity contribution in [3.05, 3.63) is 63.6 Å². The van der Waals surface area contributed by atoms with E-state index in [0.717, 1.165) is 5.57 Å². The zero-order valence-electron chi connectivity index (χ0n) is 39.2. The van der Waals surface area contributed by atoms with Crippen LogP contribution in [0.5, 0.6) is 0 Å². The molecular weight excluding hydrogens is 845 g/mol. The average Bonchev–Trinajstić information content (AvgIpc) is 3.48. The van der Waals surface area contributed by atoms with Gasteiger partial charge in [0.1, 0.15) is 23.5 Å². The van der Waals surface area contributed by atoms with Crippen LogP contribution in [-0.4, -0.2) is 124 Å². The minimum absolute atomic E-state index is 0.00433. The summed E-state index contributed by atoms with van der Waals surface area (Å²) in [6, 6.07) is -0.956. The number of Topliss-reactive ketones (excluding diaryl/α,β-unsaturated/α-hetero) is 1. The van der Waals surface area contributed by atoms with Gasteiger partial charge in [0.25, 0.3) is 0 Å². The van der Waals surface area contributed by atoms with Gasteiger partial charge in [-0.2, -0.15) is 0 Å². The molecule has 20 atom stereocenters. The first-order valence-corrected chi connectivity index (χ1v) is 23.1. The van der Waals surface area contributed by atoms with Crippen molar-refractivity contribution in [2.24, 2.45) is 46.8 Å². The lowest BCUT2D eigenvalue weighted by atomic mass is 9.49. The number of aliphatic hydroxyl groups excluding tert-OH is 4. The number of methoxy groups -OCH3 is 1. The molecule has 17 heteroatoms. The van der Waals surface area contributed by atoms with Gasteiger partial charge in [0.2, 0.25) is 5.78 Å². The topological polar surface area (TPSA) is 247 Å². The maximum atomic E-state index is 15.3. The first-order chi connectivity index (χ1) is 30.5. The monoisotopic (exact) mass is 914 g/mol. The molecule has 0 radical (unpaired) electrons. The summed E-state index contributed by atoms with van der Waals surface area (Å²) in [5.41, 5.74) is -2.86. The summed E-state index contributed by atoms with van der Waals surface area (Å²) in [4.78, 5) is 42.0. The molecule has 1 spiro atoms. The number of fused-ring (bicyclic) bond motifs is 4. The summed E-state index contributed by atoms with van der Waals surface area (Å²) in [6.07, 6.45) is 3.09. The molecule has 0 aromatic heterocycles. The minimum Gasteiger partial charge on any atom is -0.600 e. The normalized spacial score (nSPS) is 46.1. The van der Waals surface area contributed by atoms with Crippen molar-refractivity contribution in [2.45, 2.75) is 161 Å². The van der Waals surface area contributed by atoms with Crippen molar-refractivity contribution in [2.75, 3.05) is 13.7 Å². The molecular formula is C48H70N2O15. The van der Waals surface area contributed by atoms with Crippen molar-refractivity contribution < 1.29 is 73.7 Å². The van der Waals surface area contributed by atoms with Gasteiger partial charge in [0.05, 0.1) is 50.7 Å². The number of ketones is 1. The molecule has 362 valence electrons. The fourth-order valence-corrected chi connectivity index (χ4v) is 12.6. The molecule has 3 heterocycles. The van der Waals surface area contributed by atoms with Crippen LogP contribution in [-0.2, 0) is 38.0 Å². The molecule has 17 nitrogen and oxygen atoms in total. The molecule has 4 aliphatic carbocycles. The number of amides is 1. The Kier molecular flexibility index (Phi) is 14.1. The Hall–Kier alpha value is -3.49. The van der Waals surface area contributed by atoms with Crippen LogP contribution in [0, 0.1) is 52.0 Å². The maximum Gasteiger partial charge on any atom is 0.407 e. The van der Waals surface area contributed by atoms with E-state index < -0.39 is 112 Å². The summed E-state index contributed by atoms with van der Waals surface area (Å²) in [5, 5.41) is 69.4. The van der Waals surface area contributed by atoms with E-state index in [1.807, 2.05) is 39.8 Å². The van der Waals surface area contributed by atoms with E-state index in [0.29, 0.717) is 17.6 Å². The number of ether oxygens (including phenoxy) is 6. The van der Waals surface area contributed by atoms with Gasteiger partial charge in [0, 0.05) is 36.0 Å². The average molecular weight is 915 g/mol. The molecule has 3 saturated heterocycles. The first kappa shape index (κ1) is 49.4. The molecule has 20 unspecified atom stereocenters. The summed E-state index contributed by atoms with van der Waals surface area (Å²) >= 11 is 0. The molecule has 65 heavy (non-hydrogen) atoms. The van der Waals surface area contributed by atoms with Crippen LogP contribution in [0.1, 0.15) is 94.4 Å². The number of esters is 1. The maximum absolute atomic E-state index is 15.3. The van der Waals surface area contributed by atoms with Gasteiger partial charge < -0.3 is 59.4 Å². The van der Waals surface area contributed by atoms with Gasteiger partial charge >= 0.3 is 12.1 Å². The number of rotatable bonds is 7. The van der Waals surface area contributed by atoms with Crippen molar-refractivity contribution in [1.82, 2.24) is 5.32 Å². The van der Waals surface area contributed by atoms with Crippen molar-refractivity contribution in [3.8, 4) is 0 Å². The minimum atomic E-state index is -1.76. The first-order valence-electron chi connectivity index (χ1n) is 23.1. The standard InChI is InChI=1S/C48H70N2O15/c1-22-11-14-34(63-36-20-46(8,50(58)59)41(28(7)62-36)49-45(57)60-10)23(2)16-30-17-29(21-51)26(5)19-48(30)43(55)37(44(56)65-48)42(54)47(9)32(22)13-12-31-38(47)24(3)15-25(4)40(31)64-35-18-33(52)39(53)27(6)61-35/h11-13,16-17,24-28,30-36,38-41,50-54,58H,14-15,18-21H2,1-10H3,(H,49,57). The Morgan fingerprint density at radius 3 is 2.29 bits per heavy atom.